The van der Waals surface area contributed by atoms with Crippen LogP contribution < -0.4 is 0 Å². The highest BCUT2D eigenvalue weighted by Gasteiger charge is 2.30. The summed E-state index contributed by atoms with van der Waals surface area (Å²) in [5.41, 5.74) is -0.0759. The van der Waals surface area contributed by atoms with Crippen LogP contribution in [-0.2, 0) is 9.53 Å². The molecule has 1 aliphatic heterocycles. The highest BCUT2D eigenvalue weighted by atomic mass is 16.5. The van der Waals surface area contributed by atoms with Crippen LogP contribution in [0.1, 0.15) is 47.0 Å². The van der Waals surface area contributed by atoms with E-state index in [-0.39, 0.29) is 23.4 Å². The van der Waals surface area contributed by atoms with Gasteiger partial charge in [-0.05, 0) is 31.6 Å². The summed E-state index contributed by atoms with van der Waals surface area (Å²) in [6.07, 6.45) is 0.938. The normalized spacial score (nSPS) is 22.5. The molecule has 19 heavy (non-hydrogen) atoms. The Balaban J connectivity index is 2.52. The van der Waals surface area contributed by atoms with Crippen LogP contribution in [0.25, 0.3) is 0 Å². The van der Waals surface area contributed by atoms with Crippen LogP contribution in [0.5, 0.6) is 0 Å². The summed E-state index contributed by atoms with van der Waals surface area (Å²) in [6, 6.07) is 0. The molecule has 1 saturated heterocycles. The monoisotopic (exact) mass is 271 g/mol. The van der Waals surface area contributed by atoms with Crippen molar-refractivity contribution in [2.75, 3.05) is 13.1 Å². The minimum Gasteiger partial charge on any atom is -0.465 e. The van der Waals surface area contributed by atoms with Crippen molar-refractivity contribution >= 4 is 12.1 Å². The predicted molar refractivity (Wildman–Crippen MR) is 71.9 cm³/mol. The van der Waals surface area contributed by atoms with E-state index < -0.39 is 6.09 Å². The van der Waals surface area contributed by atoms with Gasteiger partial charge in [0, 0.05) is 13.1 Å². The van der Waals surface area contributed by atoms with E-state index in [1.165, 1.54) is 4.90 Å². The van der Waals surface area contributed by atoms with Gasteiger partial charge in [0.25, 0.3) is 0 Å². The predicted octanol–water partition coefficient (Wildman–Crippen LogP) is 2.74. The van der Waals surface area contributed by atoms with Gasteiger partial charge < -0.3 is 14.7 Å². The van der Waals surface area contributed by atoms with Crippen LogP contribution in [0, 0.1) is 11.3 Å². The zero-order valence-electron chi connectivity index (χ0n) is 12.3. The topological polar surface area (TPSA) is 66.8 Å². The lowest BCUT2D eigenvalue weighted by atomic mass is 9.90. The number of likely N-dealkylation sites (tertiary alicyclic amines) is 1. The van der Waals surface area contributed by atoms with Crippen LogP contribution in [0.3, 0.4) is 0 Å². The van der Waals surface area contributed by atoms with E-state index in [2.05, 4.69) is 0 Å². The molecule has 0 aliphatic carbocycles. The number of carbonyl (C=O) groups is 2. The van der Waals surface area contributed by atoms with Gasteiger partial charge in [0.1, 0.15) is 6.10 Å². The third-order valence-corrected chi connectivity index (χ3v) is 3.84. The van der Waals surface area contributed by atoms with Gasteiger partial charge in [0.2, 0.25) is 0 Å². The molecule has 1 N–H and O–H groups in total. The van der Waals surface area contributed by atoms with Gasteiger partial charge in [0.05, 0.1) is 5.92 Å². The number of hydrogen-bond acceptors (Lipinski definition) is 3. The number of rotatable bonds is 2. The molecular weight excluding hydrogens is 246 g/mol. The molecule has 0 radical (unpaired) electrons. The molecule has 2 unspecified atom stereocenters. The van der Waals surface area contributed by atoms with Crippen molar-refractivity contribution in [2.45, 2.75) is 53.1 Å². The van der Waals surface area contributed by atoms with E-state index in [9.17, 15) is 9.59 Å². The average molecular weight is 271 g/mol. The van der Waals surface area contributed by atoms with Gasteiger partial charge in [-0.3, -0.25) is 4.79 Å². The van der Waals surface area contributed by atoms with Crippen molar-refractivity contribution in [2.24, 2.45) is 11.3 Å². The standard InChI is InChI=1S/C14H25NO4/c1-10(14(2,3)4)19-12(16)11-6-5-8-15(9-7-11)13(17)18/h10-11H,5-9H2,1-4H3,(H,17,18). The van der Waals surface area contributed by atoms with E-state index in [0.717, 1.165) is 6.42 Å². The Morgan fingerprint density at radius 3 is 2.42 bits per heavy atom. The molecule has 2 atom stereocenters. The van der Waals surface area contributed by atoms with Crippen LogP contribution in [0.2, 0.25) is 0 Å². The van der Waals surface area contributed by atoms with Crippen molar-refractivity contribution in [1.29, 1.82) is 0 Å². The second-order valence-electron chi connectivity index (χ2n) is 6.34. The summed E-state index contributed by atoms with van der Waals surface area (Å²) in [4.78, 5) is 24.4. The number of ether oxygens (including phenoxy) is 1. The summed E-state index contributed by atoms with van der Waals surface area (Å²) in [5, 5.41) is 8.95. The fourth-order valence-corrected chi connectivity index (χ4v) is 1.97. The molecule has 1 fully saturated rings. The number of nitrogens with zero attached hydrogens (tertiary/aromatic N) is 1. The molecule has 0 spiro atoms. The lowest BCUT2D eigenvalue weighted by molar-refractivity contribution is -0.158. The summed E-state index contributed by atoms with van der Waals surface area (Å²) in [7, 11) is 0. The largest absolute Gasteiger partial charge is 0.465 e. The molecule has 0 aromatic carbocycles. The zero-order chi connectivity index (χ0) is 14.6. The van der Waals surface area contributed by atoms with E-state index >= 15 is 0 Å². The Labute approximate surface area is 114 Å². The molecular formula is C14H25NO4. The van der Waals surface area contributed by atoms with E-state index in [0.29, 0.717) is 25.9 Å². The summed E-state index contributed by atoms with van der Waals surface area (Å²) in [6.45, 7) is 8.92. The second kappa shape index (κ2) is 6.26. The van der Waals surface area contributed by atoms with Crippen LogP contribution >= 0.6 is 0 Å². The van der Waals surface area contributed by atoms with E-state index in [1.807, 2.05) is 27.7 Å². The molecule has 5 heteroatoms. The molecule has 5 nitrogen and oxygen atoms in total. The maximum atomic E-state index is 12.1. The highest BCUT2D eigenvalue weighted by molar-refractivity contribution is 5.73. The molecule has 110 valence electrons. The van der Waals surface area contributed by atoms with Crippen molar-refractivity contribution in [3.63, 3.8) is 0 Å². The lowest BCUT2D eigenvalue weighted by Gasteiger charge is -2.28. The maximum absolute atomic E-state index is 12.1. The minimum atomic E-state index is -0.905. The van der Waals surface area contributed by atoms with Crippen LogP contribution in [-0.4, -0.2) is 41.3 Å². The van der Waals surface area contributed by atoms with Gasteiger partial charge in [-0.2, -0.15) is 0 Å². The molecule has 1 amide bonds. The van der Waals surface area contributed by atoms with Gasteiger partial charge in [-0.25, -0.2) is 4.79 Å². The molecule has 0 aromatic rings. The second-order valence-corrected chi connectivity index (χ2v) is 6.34. The van der Waals surface area contributed by atoms with Gasteiger partial charge in [0.15, 0.2) is 0 Å². The Hall–Kier alpha value is -1.26. The Kier molecular flexibility index (Phi) is 5.20. The zero-order valence-corrected chi connectivity index (χ0v) is 12.3. The average Bonchev–Trinajstić information content (AvgIpc) is 2.52. The Bertz CT molecular complexity index is 335. The SMILES string of the molecule is CC(OC(=O)C1CCCN(C(=O)O)CC1)C(C)(C)C. The quantitative estimate of drug-likeness (QED) is 0.784. The number of esters is 1. The third kappa shape index (κ3) is 4.73. The fraction of sp³-hybridized carbons (Fsp3) is 0.857. The van der Waals surface area contributed by atoms with Crippen molar-refractivity contribution < 1.29 is 19.4 Å². The van der Waals surface area contributed by atoms with E-state index in [1.54, 1.807) is 0 Å². The fourth-order valence-electron chi connectivity index (χ4n) is 1.97. The number of carboxylic acid groups (broad SMARTS) is 1. The number of hydrogen-bond donors (Lipinski definition) is 1. The summed E-state index contributed by atoms with van der Waals surface area (Å²) < 4.78 is 5.50. The molecule has 0 bridgehead atoms. The van der Waals surface area contributed by atoms with Gasteiger partial charge in [-0.1, -0.05) is 20.8 Å². The first-order valence-corrected chi connectivity index (χ1v) is 6.90. The molecule has 0 saturated carbocycles. The summed E-state index contributed by atoms with van der Waals surface area (Å²) in [5.74, 6) is -0.358. The molecule has 1 heterocycles. The lowest BCUT2D eigenvalue weighted by Crippen LogP contribution is -2.33. The molecule has 1 aliphatic rings. The van der Waals surface area contributed by atoms with Gasteiger partial charge in [-0.15, -0.1) is 0 Å². The third-order valence-electron chi connectivity index (χ3n) is 3.84. The smallest absolute Gasteiger partial charge is 0.407 e. The van der Waals surface area contributed by atoms with Crippen molar-refractivity contribution in [3.8, 4) is 0 Å². The first kappa shape index (κ1) is 15.8. The number of carbonyl (C=O) groups excluding carboxylic acids is 1. The van der Waals surface area contributed by atoms with Gasteiger partial charge >= 0.3 is 12.1 Å². The van der Waals surface area contributed by atoms with Crippen LogP contribution in [0.4, 0.5) is 4.79 Å². The van der Waals surface area contributed by atoms with Crippen LogP contribution in [0.15, 0.2) is 0 Å². The Morgan fingerprint density at radius 2 is 1.89 bits per heavy atom. The first-order chi connectivity index (χ1) is 8.71. The van der Waals surface area contributed by atoms with Crippen molar-refractivity contribution in [3.05, 3.63) is 0 Å². The molecule has 1 rings (SSSR count). The van der Waals surface area contributed by atoms with Crippen molar-refractivity contribution in [1.82, 2.24) is 4.90 Å². The summed E-state index contributed by atoms with van der Waals surface area (Å²) >= 11 is 0. The Morgan fingerprint density at radius 1 is 1.26 bits per heavy atom. The van der Waals surface area contributed by atoms with E-state index in [4.69, 9.17) is 9.84 Å². The minimum absolute atomic E-state index is 0.0759. The molecule has 0 aromatic heterocycles. The maximum Gasteiger partial charge on any atom is 0.407 e. The highest BCUT2D eigenvalue weighted by Crippen LogP contribution is 2.25. The first-order valence-electron chi connectivity index (χ1n) is 6.90. The number of amides is 1.